The lowest BCUT2D eigenvalue weighted by molar-refractivity contribution is -0.137. The van der Waals surface area contributed by atoms with E-state index in [4.69, 9.17) is 10.5 Å². The van der Waals surface area contributed by atoms with E-state index in [1.807, 2.05) is 36.1 Å². The van der Waals surface area contributed by atoms with Crippen LogP contribution in [0.4, 0.5) is 0 Å². The fourth-order valence-electron chi connectivity index (χ4n) is 2.87. The quantitative estimate of drug-likeness (QED) is 0.900. The number of carbonyl (C=O) groups is 2. The van der Waals surface area contributed by atoms with E-state index in [1.54, 1.807) is 7.11 Å². The molecule has 5 heteroatoms. The molecule has 2 atom stereocenters. The monoisotopic (exact) mass is 304 g/mol. The molecule has 0 bridgehead atoms. The van der Waals surface area contributed by atoms with Gasteiger partial charge < -0.3 is 15.4 Å². The number of rotatable bonds is 5. The van der Waals surface area contributed by atoms with Crippen molar-refractivity contribution in [3.63, 3.8) is 0 Å². The van der Waals surface area contributed by atoms with E-state index in [-0.39, 0.29) is 23.8 Å². The molecule has 1 heterocycles. The number of hydrogen-bond donors (Lipinski definition) is 1. The summed E-state index contributed by atoms with van der Waals surface area (Å²) in [6, 6.07) is 7.91. The zero-order valence-corrected chi connectivity index (χ0v) is 13.2. The van der Waals surface area contributed by atoms with Gasteiger partial charge in [0.25, 0.3) is 0 Å². The van der Waals surface area contributed by atoms with Crippen LogP contribution in [-0.4, -0.2) is 36.4 Å². The van der Waals surface area contributed by atoms with Crippen molar-refractivity contribution in [1.29, 1.82) is 0 Å². The second kappa shape index (κ2) is 7.29. The maximum absolute atomic E-state index is 12.4. The van der Waals surface area contributed by atoms with Crippen LogP contribution in [0.2, 0.25) is 0 Å². The van der Waals surface area contributed by atoms with Crippen LogP contribution in [0.5, 0.6) is 5.75 Å². The molecule has 1 aromatic carbocycles. The lowest BCUT2D eigenvalue weighted by Crippen LogP contribution is -2.48. The maximum atomic E-state index is 12.4. The molecule has 2 N–H and O–H groups in total. The van der Waals surface area contributed by atoms with Crippen LogP contribution in [0.1, 0.15) is 31.7 Å². The first-order valence-corrected chi connectivity index (χ1v) is 7.73. The van der Waals surface area contributed by atoms with E-state index in [1.165, 1.54) is 0 Å². The molecule has 2 rings (SSSR count). The van der Waals surface area contributed by atoms with Crippen LogP contribution in [0.15, 0.2) is 24.3 Å². The van der Waals surface area contributed by atoms with Crippen molar-refractivity contribution in [3.8, 4) is 5.75 Å². The lowest BCUT2D eigenvalue weighted by atomic mass is 9.92. The van der Waals surface area contributed by atoms with Crippen molar-refractivity contribution in [3.05, 3.63) is 29.8 Å². The van der Waals surface area contributed by atoms with Gasteiger partial charge >= 0.3 is 0 Å². The molecule has 120 valence electrons. The van der Waals surface area contributed by atoms with Crippen molar-refractivity contribution < 1.29 is 14.3 Å². The Balaban J connectivity index is 1.91. The van der Waals surface area contributed by atoms with E-state index >= 15 is 0 Å². The molecule has 0 aliphatic carbocycles. The third kappa shape index (κ3) is 4.00. The molecular formula is C17H24N2O3. The molecule has 1 aliphatic heterocycles. The Hall–Kier alpha value is -2.04. The molecule has 0 radical (unpaired) electrons. The van der Waals surface area contributed by atoms with Gasteiger partial charge in [0.15, 0.2) is 0 Å². The number of ether oxygens (including phenoxy) is 1. The summed E-state index contributed by atoms with van der Waals surface area (Å²) in [5.74, 6) is 0.388. The van der Waals surface area contributed by atoms with Gasteiger partial charge in [0.1, 0.15) is 5.75 Å². The zero-order chi connectivity index (χ0) is 16.1. The van der Waals surface area contributed by atoms with Gasteiger partial charge in [-0.05, 0) is 43.9 Å². The third-order valence-corrected chi connectivity index (χ3v) is 4.39. The number of hydrogen-bond acceptors (Lipinski definition) is 3. The normalized spacial score (nSPS) is 21.5. The van der Waals surface area contributed by atoms with Crippen molar-refractivity contribution in [2.24, 2.45) is 11.7 Å². The Bertz CT molecular complexity index is 527. The highest BCUT2D eigenvalue weighted by atomic mass is 16.5. The molecule has 22 heavy (non-hydrogen) atoms. The van der Waals surface area contributed by atoms with Gasteiger partial charge in [0, 0.05) is 19.0 Å². The summed E-state index contributed by atoms with van der Waals surface area (Å²) in [6.07, 6.45) is 2.75. The second-order valence-corrected chi connectivity index (χ2v) is 5.92. The SMILES string of the molecule is COc1ccc(CCC(=O)N2C[C@@H](C(N)=O)CC[C@@H]2C)cc1. The minimum atomic E-state index is -0.306. The average molecular weight is 304 g/mol. The van der Waals surface area contributed by atoms with Crippen molar-refractivity contribution in [1.82, 2.24) is 4.90 Å². The Morgan fingerprint density at radius 1 is 1.27 bits per heavy atom. The first-order chi connectivity index (χ1) is 10.5. The largest absolute Gasteiger partial charge is 0.497 e. The zero-order valence-electron chi connectivity index (χ0n) is 13.2. The number of piperidine rings is 1. The van der Waals surface area contributed by atoms with Gasteiger partial charge in [-0.3, -0.25) is 9.59 Å². The van der Waals surface area contributed by atoms with Gasteiger partial charge in [-0.1, -0.05) is 12.1 Å². The highest BCUT2D eigenvalue weighted by molar-refractivity contribution is 5.80. The molecule has 0 saturated carbocycles. The number of aryl methyl sites for hydroxylation is 1. The summed E-state index contributed by atoms with van der Waals surface area (Å²) in [6.45, 7) is 2.49. The number of amides is 2. The minimum Gasteiger partial charge on any atom is -0.497 e. The fourth-order valence-corrected chi connectivity index (χ4v) is 2.87. The van der Waals surface area contributed by atoms with Crippen LogP contribution in [-0.2, 0) is 16.0 Å². The van der Waals surface area contributed by atoms with Crippen LogP contribution in [0.3, 0.4) is 0 Å². The van der Waals surface area contributed by atoms with E-state index in [9.17, 15) is 9.59 Å². The average Bonchev–Trinajstić information content (AvgIpc) is 2.53. The van der Waals surface area contributed by atoms with Crippen LogP contribution < -0.4 is 10.5 Å². The molecule has 0 unspecified atom stereocenters. The highest BCUT2D eigenvalue weighted by Gasteiger charge is 2.31. The van der Waals surface area contributed by atoms with Gasteiger partial charge in [0.05, 0.1) is 13.0 Å². The number of benzene rings is 1. The number of methoxy groups -OCH3 is 1. The van der Waals surface area contributed by atoms with E-state index < -0.39 is 0 Å². The lowest BCUT2D eigenvalue weighted by Gasteiger charge is -2.37. The minimum absolute atomic E-state index is 0.0919. The number of likely N-dealkylation sites (tertiary alicyclic amines) is 1. The molecule has 5 nitrogen and oxygen atoms in total. The van der Waals surface area contributed by atoms with E-state index in [0.717, 1.165) is 24.2 Å². The smallest absolute Gasteiger partial charge is 0.223 e. The predicted molar refractivity (Wildman–Crippen MR) is 84.4 cm³/mol. The van der Waals surface area contributed by atoms with Crippen LogP contribution in [0, 0.1) is 5.92 Å². The standard InChI is InChI=1S/C17H24N2O3/c1-12-3-7-14(17(18)21)11-19(12)16(20)10-6-13-4-8-15(22-2)9-5-13/h4-5,8-9,12,14H,3,6-7,10-11H2,1-2H3,(H2,18,21)/t12-,14-/m0/s1. The van der Waals surface area contributed by atoms with Gasteiger partial charge in [-0.25, -0.2) is 0 Å². The number of nitrogens with two attached hydrogens (primary N) is 1. The maximum Gasteiger partial charge on any atom is 0.223 e. The summed E-state index contributed by atoms with van der Waals surface area (Å²) in [5.41, 5.74) is 6.48. The Labute approximate surface area is 131 Å². The topological polar surface area (TPSA) is 72.6 Å². The molecule has 2 amide bonds. The molecular weight excluding hydrogens is 280 g/mol. The van der Waals surface area contributed by atoms with Gasteiger partial charge in [0.2, 0.25) is 11.8 Å². The Morgan fingerprint density at radius 3 is 2.55 bits per heavy atom. The molecule has 1 aliphatic rings. The Morgan fingerprint density at radius 2 is 1.95 bits per heavy atom. The molecule has 1 fully saturated rings. The third-order valence-electron chi connectivity index (χ3n) is 4.39. The molecule has 0 aromatic heterocycles. The highest BCUT2D eigenvalue weighted by Crippen LogP contribution is 2.23. The number of nitrogens with zero attached hydrogens (tertiary/aromatic N) is 1. The first kappa shape index (κ1) is 16.3. The van der Waals surface area contributed by atoms with Crippen LogP contribution >= 0.6 is 0 Å². The van der Waals surface area contributed by atoms with Gasteiger partial charge in [-0.15, -0.1) is 0 Å². The van der Waals surface area contributed by atoms with Crippen molar-refractivity contribution in [2.75, 3.05) is 13.7 Å². The van der Waals surface area contributed by atoms with E-state index in [0.29, 0.717) is 19.4 Å². The summed E-state index contributed by atoms with van der Waals surface area (Å²) < 4.78 is 5.12. The Kier molecular flexibility index (Phi) is 5.41. The summed E-state index contributed by atoms with van der Waals surface area (Å²) >= 11 is 0. The molecule has 1 saturated heterocycles. The van der Waals surface area contributed by atoms with Crippen LogP contribution in [0.25, 0.3) is 0 Å². The number of carbonyl (C=O) groups excluding carboxylic acids is 2. The predicted octanol–water partition coefficient (Wildman–Crippen LogP) is 1.74. The van der Waals surface area contributed by atoms with Gasteiger partial charge in [-0.2, -0.15) is 0 Å². The molecule has 0 spiro atoms. The fraction of sp³-hybridized carbons (Fsp3) is 0.529. The van der Waals surface area contributed by atoms with Crippen molar-refractivity contribution >= 4 is 11.8 Å². The number of primary amides is 1. The second-order valence-electron chi connectivity index (χ2n) is 5.92. The summed E-state index contributed by atoms with van der Waals surface area (Å²) in [5, 5.41) is 0. The first-order valence-electron chi connectivity index (χ1n) is 7.73. The van der Waals surface area contributed by atoms with E-state index in [2.05, 4.69) is 0 Å². The van der Waals surface area contributed by atoms with Crippen molar-refractivity contribution in [2.45, 2.75) is 38.6 Å². The molecule has 1 aromatic rings. The summed E-state index contributed by atoms with van der Waals surface area (Å²) in [7, 11) is 1.63. The summed E-state index contributed by atoms with van der Waals surface area (Å²) in [4.78, 5) is 25.6.